The molecule has 0 aromatic heterocycles. The first-order valence-electron chi connectivity index (χ1n) is 6.59. The van der Waals surface area contributed by atoms with Crippen molar-refractivity contribution in [3.05, 3.63) is 0 Å². The Bertz CT molecular complexity index is 322. The highest BCUT2D eigenvalue weighted by atomic mass is 32.1. The minimum atomic E-state index is -0.484. The van der Waals surface area contributed by atoms with Gasteiger partial charge in [-0.05, 0) is 25.8 Å². The minimum absolute atomic E-state index is 0.0177. The van der Waals surface area contributed by atoms with Gasteiger partial charge >= 0.3 is 0 Å². The molecule has 0 spiro atoms. The van der Waals surface area contributed by atoms with E-state index in [9.17, 15) is 4.79 Å². The maximum atomic E-state index is 12.2. The van der Waals surface area contributed by atoms with Gasteiger partial charge in [0, 0.05) is 19.0 Å². The van der Waals surface area contributed by atoms with E-state index in [1.54, 1.807) is 0 Å². The standard InChI is InChI=1S/C13H25N3OS/c1-9(2)10(3)11(17)15-13(12(14)18)5-7-16(4)8-6-13/h9-10H,5-8H2,1-4H3,(H2,14,18)(H,15,17). The topological polar surface area (TPSA) is 58.4 Å². The van der Waals surface area contributed by atoms with Crippen LogP contribution < -0.4 is 11.1 Å². The van der Waals surface area contributed by atoms with Crippen LogP contribution >= 0.6 is 12.2 Å². The lowest BCUT2D eigenvalue weighted by Crippen LogP contribution is -2.62. The van der Waals surface area contributed by atoms with Crippen LogP contribution in [0.1, 0.15) is 33.6 Å². The number of nitrogens with zero attached hydrogens (tertiary/aromatic N) is 1. The van der Waals surface area contributed by atoms with Crippen LogP contribution in [0.3, 0.4) is 0 Å². The van der Waals surface area contributed by atoms with E-state index in [0.717, 1.165) is 25.9 Å². The van der Waals surface area contributed by atoms with Crippen LogP contribution in [0.2, 0.25) is 0 Å². The zero-order chi connectivity index (χ0) is 13.9. The molecule has 0 aliphatic carbocycles. The minimum Gasteiger partial charge on any atom is -0.391 e. The van der Waals surface area contributed by atoms with Crippen molar-refractivity contribution in [3.63, 3.8) is 0 Å². The first-order valence-corrected chi connectivity index (χ1v) is 7.00. The summed E-state index contributed by atoms with van der Waals surface area (Å²) in [5.74, 6) is 0.359. The Morgan fingerprint density at radius 1 is 1.33 bits per heavy atom. The highest BCUT2D eigenvalue weighted by molar-refractivity contribution is 7.80. The second-order valence-electron chi connectivity index (χ2n) is 5.77. The molecule has 1 rings (SSSR count). The van der Waals surface area contributed by atoms with Gasteiger partial charge in [-0.25, -0.2) is 0 Å². The summed E-state index contributed by atoms with van der Waals surface area (Å²) in [4.78, 5) is 14.9. The molecule has 1 saturated heterocycles. The molecule has 0 saturated carbocycles. The lowest BCUT2D eigenvalue weighted by atomic mass is 9.86. The summed E-state index contributed by atoms with van der Waals surface area (Å²) in [6, 6.07) is 0. The predicted octanol–water partition coefficient (Wildman–Crippen LogP) is 1.15. The van der Waals surface area contributed by atoms with Crippen molar-refractivity contribution >= 4 is 23.1 Å². The molecule has 4 nitrogen and oxygen atoms in total. The molecule has 0 aromatic carbocycles. The van der Waals surface area contributed by atoms with Crippen LogP contribution in [0.25, 0.3) is 0 Å². The largest absolute Gasteiger partial charge is 0.391 e. The average molecular weight is 271 g/mol. The van der Waals surface area contributed by atoms with Crippen LogP contribution in [0, 0.1) is 11.8 Å². The number of hydrogen-bond acceptors (Lipinski definition) is 3. The Kier molecular flexibility index (Phi) is 5.10. The van der Waals surface area contributed by atoms with Crippen LogP contribution in [0.4, 0.5) is 0 Å². The van der Waals surface area contributed by atoms with E-state index in [4.69, 9.17) is 18.0 Å². The molecule has 1 heterocycles. The van der Waals surface area contributed by atoms with Gasteiger partial charge in [0.05, 0.1) is 10.5 Å². The van der Waals surface area contributed by atoms with E-state index < -0.39 is 5.54 Å². The molecular weight excluding hydrogens is 246 g/mol. The first-order chi connectivity index (χ1) is 8.28. The van der Waals surface area contributed by atoms with E-state index in [1.807, 2.05) is 20.8 Å². The number of nitrogens with one attached hydrogen (secondary N) is 1. The molecule has 1 fully saturated rings. The zero-order valence-electron chi connectivity index (χ0n) is 11.8. The van der Waals surface area contributed by atoms with Crippen molar-refractivity contribution in [1.29, 1.82) is 0 Å². The molecule has 1 unspecified atom stereocenters. The number of piperidine rings is 1. The van der Waals surface area contributed by atoms with Crippen molar-refractivity contribution in [2.75, 3.05) is 20.1 Å². The number of carbonyl (C=O) groups excluding carboxylic acids is 1. The summed E-state index contributed by atoms with van der Waals surface area (Å²) in [5, 5.41) is 3.10. The molecule has 0 radical (unpaired) electrons. The van der Waals surface area contributed by atoms with Crippen LogP contribution in [-0.2, 0) is 4.79 Å². The molecule has 0 aromatic rings. The molecule has 5 heteroatoms. The van der Waals surface area contributed by atoms with Crippen LogP contribution in [0.15, 0.2) is 0 Å². The van der Waals surface area contributed by atoms with E-state index in [1.165, 1.54) is 0 Å². The third kappa shape index (κ3) is 3.42. The van der Waals surface area contributed by atoms with Gasteiger partial charge < -0.3 is 16.0 Å². The number of thiocarbonyl (C=S) groups is 1. The SMILES string of the molecule is CC(C)C(C)C(=O)NC1(C(N)=S)CCN(C)CC1. The molecule has 1 aliphatic heterocycles. The van der Waals surface area contributed by atoms with Crippen molar-refractivity contribution < 1.29 is 4.79 Å². The Labute approximate surface area is 115 Å². The van der Waals surface area contributed by atoms with Gasteiger partial charge in [-0.2, -0.15) is 0 Å². The molecule has 1 aliphatic rings. The molecule has 18 heavy (non-hydrogen) atoms. The lowest BCUT2D eigenvalue weighted by molar-refractivity contribution is -0.127. The van der Waals surface area contributed by atoms with Gasteiger partial charge in [0.1, 0.15) is 0 Å². The maximum Gasteiger partial charge on any atom is 0.223 e. The maximum absolute atomic E-state index is 12.2. The molecule has 104 valence electrons. The second kappa shape index (κ2) is 5.97. The highest BCUT2D eigenvalue weighted by Crippen LogP contribution is 2.23. The van der Waals surface area contributed by atoms with Gasteiger partial charge in [0.25, 0.3) is 0 Å². The fourth-order valence-electron chi connectivity index (χ4n) is 2.09. The fourth-order valence-corrected chi connectivity index (χ4v) is 2.34. The summed E-state index contributed by atoms with van der Waals surface area (Å²) >= 11 is 5.18. The number of carbonyl (C=O) groups is 1. The van der Waals surface area contributed by atoms with Crippen LogP contribution in [-0.4, -0.2) is 41.5 Å². The molecule has 1 amide bonds. The number of amides is 1. The summed E-state index contributed by atoms with van der Waals surface area (Å²) < 4.78 is 0. The van der Waals surface area contributed by atoms with Crippen molar-refractivity contribution in [2.45, 2.75) is 39.2 Å². The van der Waals surface area contributed by atoms with Gasteiger partial charge in [-0.3, -0.25) is 4.79 Å². The van der Waals surface area contributed by atoms with Crippen molar-refractivity contribution in [1.82, 2.24) is 10.2 Å². The Morgan fingerprint density at radius 3 is 2.22 bits per heavy atom. The van der Waals surface area contributed by atoms with Gasteiger partial charge in [0.2, 0.25) is 5.91 Å². The summed E-state index contributed by atoms with van der Waals surface area (Å²) in [6.07, 6.45) is 1.60. The first kappa shape index (κ1) is 15.4. The average Bonchev–Trinajstić information content (AvgIpc) is 2.30. The molecule has 1 atom stereocenters. The quantitative estimate of drug-likeness (QED) is 0.753. The molecule has 0 bridgehead atoms. The summed E-state index contributed by atoms with van der Waals surface area (Å²) in [5.41, 5.74) is 5.39. The third-order valence-corrected chi connectivity index (χ3v) is 4.48. The van der Waals surface area contributed by atoms with Crippen molar-refractivity contribution in [3.8, 4) is 0 Å². The van der Waals surface area contributed by atoms with E-state index in [2.05, 4.69) is 17.3 Å². The number of likely N-dealkylation sites (tertiary alicyclic amines) is 1. The van der Waals surface area contributed by atoms with Gasteiger partial charge in [-0.15, -0.1) is 0 Å². The smallest absolute Gasteiger partial charge is 0.223 e. The van der Waals surface area contributed by atoms with E-state index >= 15 is 0 Å². The molecular formula is C13H25N3OS. The fraction of sp³-hybridized carbons (Fsp3) is 0.846. The zero-order valence-corrected chi connectivity index (χ0v) is 12.6. The van der Waals surface area contributed by atoms with E-state index in [0.29, 0.717) is 10.9 Å². The lowest BCUT2D eigenvalue weighted by Gasteiger charge is -2.41. The Morgan fingerprint density at radius 2 is 1.83 bits per heavy atom. The van der Waals surface area contributed by atoms with Crippen molar-refractivity contribution in [2.24, 2.45) is 17.6 Å². The number of nitrogens with two attached hydrogens (primary N) is 1. The Balaban J connectivity index is 2.75. The van der Waals surface area contributed by atoms with E-state index in [-0.39, 0.29) is 11.8 Å². The van der Waals surface area contributed by atoms with Crippen LogP contribution in [0.5, 0.6) is 0 Å². The number of hydrogen-bond donors (Lipinski definition) is 2. The highest BCUT2D eigenvalue weighted by Gasteiger charge is 2.38. The second-order valence-corrected chi connectivity index (χ2v) is 6.21. The predicted molar refractivity (Wildman–Crippen MR) is 78.4 cm³/mol. The summed E-state index contributed by atoms with van der Waals surface area (Å²) in [6.45, 7) is 7.86. The van der Waals surface area contributed by atoms with Gasteiger partial charge in [0.15, 0.2) is 0 Å². The summed E-state index contributed by atoms with van der Waals surface area (Å²) in [7, 11) is 2.07. The number of rotatable bonds is 4. The normalized spacial score (nSPS) is 21.6. The monoisotopic (exact) mass is 271 g/mol. The van der Waals surface area contributed by atoms with Gasteiger partial charge in [-0.1, -0.05) is 33.0 Å². The third-order valence-electron chi connectivity index (χ3n) is 4.09. The Hall–Kier alpha value is -0.680. The molecule has 3 N–H and O–H groups in total.